The number of carboxylic acids is 2. The van der Waals surface area contributed by atoms with Gasteiger partial charge in [-0.3, -0.25) is 9.59 Å². The van der Waals surface area contributed by atoms with Gasteiger partial charge in [0.15, 0.2) is 11.1 Å². The van der Waals surface area contributed by atoms with Crippen molar-refractivity contribution in [3.63, 3.8) is 0 Å². The molecule has 3 N–H and O–H groups in total. The highest BCUT2D eigenvalue weighted by molar-refractivity contribution is 8.77. The SMILES string of the molecule is O=C(O)CC(SSCCCS(=O)O)C(=O)O. The van der Waals surface area contributed by atoms with Crippen molar-refractivity contribution in [3.05, 3.63) is 0 Å². The maximum Gasteiger partial charge on any atom is 0.318 e. The largest absolute Gasteiger partial charge is 0.481 e. The van der Waals surface area contributed by atoms with Gasteiger partial charge in [0.05, 0.1) is 12.2 Å². The fourth-order valence-corrected chi connectivity index (χ4v) is 3.67. The third-order valence-corrected chi connectivity index (χ3v) is 4.80. The Morgan fingerprint density at radius 3 is 2.38 bits per heavy atom. The molecule has 0 aromatic heterocycles. The second-order valence-electron chi connectivity index (χ2n) is 2.72. The van der Waals surface area contributed by atoms with Crippen LogP contribution in [0.2, 0.25) is 0 Å². The van der Waals surface area contributed by atoms with Crippen molar-refractivity contribution in [1.29, 1.82) is 0 Å². The number of hydrogen-bond acceptors (Lipinski definition) is 5. The van der Waals surface area contributed by atoms with Gasteiger partial charge >= 0.3 is 11.9 Å². The van der Waals surface area contributed by atoms with Gasteiger partial charge in [0.25, 0.3) is 0 Å². The Hall–Kier alpha value is -0.250. The van der Waals surface area contributed by atoms with Crippen molar-refractivity contribution in [3.8, 4) is 0 Å². The second-order valence-corrected chi connectivity index (χ2v) is 6.46. The van der Waals surface area contributed by atoms with Gasteiger partial charge in [-0.05, 0) is 6.42 Å². The van der Waals surface area contributed by atoms with E-state index in [1.807, 2.05) is 0 Å². The molecule has 0 bridgehead atoms. The lowest BCUT2D eigenvalue weighted by molar-refractivity contribution is -0.142. The van der Waals surface area contributed by atoms with E-state index in [4.69, 9.17) is 14.8 Å². The van der Waals surface area contributed by atoms with E-state index in [1.165, 1.54) is 10.8 Å². The summed E-state index contributed by atoms with van der Waals surface area (Å²) in [6.45, 7) is 0. The summed E-state index contributed by atoms with van der Waals surface area (Å²) >= 11 is -1.83. The standard InChI is InChI=1S/C7H12O6S3/c8-6(9)4-5(7(10)11)15-14-2-1-3-16(12)13/h5H,1-4H2,(H,8,9)(H,10,11)(H,12,13). The van der Waals surface area contributed by atoms with E-state index in [0.717, 1.165) is 10.8 Å². The predicted molar refractivity (Wildman–Crippen MR) is 64.0 cm³/mol. The Morgan fingerprint density at radius 2 is 1.94 bits per heavy atom. The Bertz CT molecular complexity index is 269. The van der Waals surface area contributed by atoms with Gasteiger partial charge in [0.2, 0.25) is 0 Å². The summed E-state index contributed by atoms with van der Waals surface area (Å²) in [6.07, 6.45) is 0.0547. The summed E-state index contributed by atoms with van der Waals surface area (Å²) in [5.74, 6) is -1.66. The zero-order valence-corrected chi connectivity index (χ0v) is 10.6. The number of aliphatic carboxylic acids is 2. The Morgan fingerprint density at radius 1 is 1.31 bits per heavy atom. The monoisotopic (exact) mass is 288 g/mol. The lowest BCUT2D eigenvalue weighted by atomic mass is 10.3. The van der Waals surface area contributed by atoms with Crippen LogP contribution in [0.4, 0.5) is 0 Å². The number of carbonyl (C=O) groups is 2. The first-order valence-electron chi connectivity index (χ1n) is 4.23. The van der Waals surface area contributed by atoms with Crippen LogP contribution in [0.1, 0.15) is 12.8 Å². The summed E-state index contributed by atoms with van der Waals surface area (Å²) < 4.78 is 18.7. The fourth-order valence-electron chi connectivity index (χ4n) is 0.693. The summed E-state index contributed by atoms with van der Waals surface area (Å²) in [6, 6.07) is 0. The normalized spacial score (nSPS) is 14.3. The Balaban J connectivity index is 3.72. The Labute approximate surface area is 103 Å². The summed E-state index contributed by atoms with van der Waals surface area (Å²) in [5.41, 5.74) is 0. The smallest absolute Gasteiger partial charge is 0.318 e. The van der Waals surface area contributed by atoms with Crippen molar-refractivity contribution >= 4 is 44.6 Å². The van der Waals surface area contributed by atoms with Crippen LogP contribution in [0.3, 0.4) is 0 Å². The zero-order chi connectivity index (χ0) is 12.6. The molecule has 0 heterocycles. The van der Waals surface area contributed by atoms with E-state index in [-0.39, 0.29) is 5.75 Å². The highest BCUT2D eigenvalue weighted by Crippen LogP contribution is 2.29. The molecule has 0 aromatic carbocycles. The second kappa shape index (κ2) is 8.85. The van der Waals surface area contributed by atoms with Crippen LogP contribution >= 0.6 is 21.6 Å². The number of carboxylic acid groups (broad SMARTS) is 2. The highest BCUT2D eigenvalue weighted by Gasteiger charge is 2.21. The molecule has 0 saturated carbocycles. The number of rotatable bonds is 9. The van der Waals surface area contributed by atoms with Gasteiger partial charge < -0.3 is 14.8 Å². The van der Waals surface area contributed by atoms with Crippen molar-refractivity contribution < 1.29 is 28.6 Å². The molecule has 0 aliphatic rings. The van der Waals surface area contributed by atoms with Gasteiger partial charge in [-0.2, -0.15) is 0 Å². The van der Waals surface area contributed by atoms with Crippen LogP contribution in [0, 0.1) is 0 Å². The molecule has 0 radical (unpaired) electrons. The minimum atomic E-state index is -1.83. The maximum atomic E-state index is 10.6. The van der Waals surface area contributed by atoms with E-state index >= 15 is 0 Å². The van der Waals surface area contributed by atoms with E-state index in [2.05, 4.69) is 0 Å². The van der Waals surface area contributed by atoms with E-state index in [9.17, 15) is 13.8 Å². The van der Waals surface area contributed by atoms with Crippen molar-refractivity contribution in [1.82, 2.24) is 0 Å². The summed E-state index contributed by atoms with van der Waals surface area (Å²) in [4.78, 5) is 21.0. The van der Waals surface area contributed by atoms with Crippen LogP contribution < -0.4 is 0 Å². The molecule has 0 spiro atoms. The molecule has 0 amide bonds. The van der Waals surface area contributed by atoms with Gasteiger partial charge in [0.1, 0.15) is 5.25 Å². The van der Waals surface area contributed by atoms with E-state index in [1.54, 1.807) is 0 Å². The molecule has 0 aliphatic heterocycles. The zero-order valence-electron chi connectivity index (χ0n) is 8.20. The molecule has 94 valence electrons. The van der Waals surface area contributed by atoms with E-state index in [0.29, 0.717) is 12.2 Å². The third-order valence-electron chi connectivity index (χ3n) is 1.37. The van der Waals surface area contributed by atoms with Crippen LogP contribution in [0.25, 0.3) is 0 Å². The van der Waals surface area contributed by atoms with Crippen molar-refractivity contribution in [2.75, 3.05) is 11.5 Å². The third kappa shape index (κ3) is 9.01. The summed E-state index contributed by atoms with van der Waals surface area (Å²) in [7, 11) is 2.17. The Kier molecular flexibility index (Phi) is 8.71. The van der Waals surface area contributed by atoms with Crippen molar-refractivity contribution in [2.24, 2.45) is 0 Å². The van der Waals surface area contributed by atoms with Gasteiger partial charge in [-0.15, -0.1) is 0 Å². The minimum absolute atomic E-state index is 0.143. The minimum Gasteiger partial charge on any atom is -0.481 e. The van der Waals surface area contributed by atoms with Crippen molar-refractivity contribution in [2.45, 2.75) is 18.1 Å². The van der Waals surface area contributed by atoms with Gasteiger partial charge in [-0.25, -0.2) is 4.21 Å². The summed E-state index contributed by atoms with van der Waals surface area (Å²) in [5, 5.41) is 16.1. The first kappa shape index (κ1) is 15.8. The first-order chi connectivity index (χ1) is 7.43. The molecule has 0 aliphatic carbocycles. The lowest BCUT2D eigenvalue weighted by Crippen LogP contribution is -2.19. The first-order valence-corrected chi connectivity index (χ1v) is 7.89. The van der Waals surface area contributed by atoms with Crippen LogP contribution in [-0.4, -0.2) is 47.7 Å². The highest BCUT2D eigenvalue weighted by atomic mass is 33.1. The van der Waals surface area contributed by atoms with Crippen LogP contribution in [0.15, 0.2) is 0 Å². The maximum absolute atomic E-state index is 10.6. The van der Waals surface area contributed by atoms with Crippen LogP contribution in [-0.2, 0) is 20.7 Å². The molecule has 9 heteroatoms. The molecule has 0 aromatic rings. The molecule has 0 rings (SSSR count). The topological polar surface area (TPSA) is 112 Å². The molecule has 2 unspecified atom stereocenters. The predicted octanol–water partition coefficient (Wildman–Crippen LogP) is 0.907. The molecule has 6 nitrogen and oxygen atoms in total. The molecule has 0 fully saturated rings. The quantitative estimate of drug-likeness (QED) is 0.326. The van der Waals surface area contributed by atoms with Gasteiger partial charge in [-0.1, -0.05) is 21.6 Å². The average Bonchev–Trinajstić information content (AvgIpc) is 2.14. The number of hydrogen-bond donors (Lipinski definition) is 3. The van der Waals surface area contributed by atoms with E-state index < -0.39 is 34.7 Å². The molecular formula is C7H12O6S3. The lowest BCUT2D eigenvalue weighted by Gasteiger charge is -2.07. The van der Waals surface area contributed by atoms with Crippen LogP contribution in [0.5, 0.6) is 0 Å². The average molecular weight is 288 g/mol. The molecule has 16 heavy (non-hydrogen) atoms. The fraction of sp³-hybridized carbons (Fsp3) is 0.714. The van der Waals surface area contributed by atoms with Gasteiger partial charge in [0, 0.05) is 5.75 Å². The molecule has 0 saturated heterocycles. The molecular weight excluding hydrogens is 276 g/mol. The molecule has 2 atom stereocenters.